The van der Waals surface area contributed by atoms with Gasteiger partial charge in [-0.15, -0.1) is 0 Å². The number of nitrogens with one attached hydrogen (secondary N) is 2. The molecule has 0 bridgehead atoms. The first-order valence-electron chi connectivity index (χ1n) is 9.05. The predicted molar refractivity (Wildman–Crippen MR) is 102 cm³/mol. The van der Waals surface area contributed by atoms with Crippen LogP contribution >= 0.6 is 0 Å². The number of nitrogens with zero attached hydrogens (tertiary/aromatic N) is 2. The molecule has 0 radical (unpaired) electrons. The Morgan fingerprint density at radius 1 is 1.29 bits per heavy atom. The van der Waals surface area contributed by atoms with Crippen molar-refractivity contribution < 1.29 is 4.74 Å². The van der Waals surface area contributed by atoms with Crippen LogP contribution in [0.5, 0.6) is 0 Å². The lowest BCUT2D eigenvalue weighted by molar-refractivity contribution is 0.123. The number of guanidine groups is 1. The van der Waals surface area contributed by atoms with Crippen LogP contribution in [0, 0.1) is 5.92 Å². The minimum atomic E-state index is 0.676. The van der Waals surface area contributed by atoms with Crippen molar-refractivity contribution in [2.24, 2.45) is 10.9 Å². The van der Waals surface area contributed by atoms with Gasteiger partial charge in [-0.2, -0.15) is 0 Å². The van der Waals surface area contributed by atoms with Gasteiger partial charge in [0, 0.05) is 46.1 Å². The maximum atomic E-state index is 5.66. The Labute approximate surface area is 146 Å². The normalized spacial score (nSPS) is 14.5. The molecule has 24 heavy (non-hydrogen) atoms. The zero-order valence-electron chi connectivity index (χ0n) is 15.3. The van der Waals surface area contributed by atoms with Crippen molar-refractivity contribution >= 4 is 11.6 Å². The topological polar surface area (TPSA) is 48.9 Å². The molecule has 134 valence electrons. The lowest BCUT2D eigenvalue weighted by Gasteiger charge is -2.14. The molecular weight excluding hydrogens is 300 g/mol. The molecule has 5 heteroatoms. The molecule has 1 aromatic carbocycles. The summed E-state index contributed by atoms with van der Waals surface area (Å²) in [5.41, 5.74) is 2.42. The summed E-state index contributed by atoms with van der Waals surface area (Å²) in [4.78, 5) is 6.78. The molecule has 1 aliphatic rings. The predicted octanol–water partition coefficient (Wildman–Crippen LogP) is 2.62. The summed E-state index contributed by atoms with van der Waals surface area (Å²) in [6.07, 6.45) is 3.71. The van der Waals surface area contributed by atoms with Gasteiger partial charge in [0.05, 0.1) is 6.54 Å². The van der Waals surface area contributed by atoms with Crippen LogP contribution in [0.4, 0.5) is 5.69 Å². The fourth-order valence-electron chi connectivity index (χ4n) is 2.36. The average Bonchev–Trinajstić information content (AvgIpc) is 3.40. The van der Waals surface area contributed by atoms with E-state index in [-0.39, 0.29) is 0 Å². The van der Waals surface area contributed by atoms with Crippen molar-refractivity contribution in [2.45, 2.75) is 32.7 Å². The molecule has 1 fully saturated rings. The average molecular weight is 332 g/mol. The quantitative estimate of drug-likeness (QED) is 0.393. The molecule has 0 saturated heterocycles. The molecule has 5 nitrogen and oxygen atoms in total. The van der Waals surface area contributed by atoms with Crippen LogP contribution in [0.2, 0.25) is 0 Å². The summed E-state index contributed by atoms with van der Waals surface area (Å²) in [5.74, 6) is 1.71. The Kier molecular flexibility index (Phi) is 7.89. The zero-order valence-corrected chi connectivity index (χ0v) is 15.3. The standard InChI is InChI=1S/C19H32N4O/c1-4-20-19(21-11-6-12-24-15-16-9-10-16)22-14-17-7-5-8-18(13-17)23(2)3/h5,7-8,13,16H,4,6,9-12,14-15H2,1-3H3,(H2,20,21,22). The molecule has 1 saturated carbocycles. The number of anilines is 1. The molecule has 0 aromatic heterocycles. The van der Waals surface area contributed by atoms with Crippen molar-refractivity contribution in [3.63, 3.8) is 0 Å². The Hall–Kier alpha value is -1.75. The van der Waals surface area contributed by atoms with Crippen LogP contribution in [0.25, 0.3) is 0 Å². The van der Waals surface area contributed by atoms with E-state index in [1.165, 1.54) is 24.1 Å². The molecule has 0 heterocycles. The van der Waals surface area contributed by atoms with Crippen molar-refractivity contribution in [1.82, 2.24) is 10.6 Å². The van der Waals surface area contributed by atoms with Gasteiger partial charge in [0.2, 0.25) is 0 Å². The molecule has 0 unspecified atom stereocenters. The second-order valence-corrected chi connectivity index (χ2v) is 6.56. The third-order valence-corrected chi connectivity index (χ3v) is 4.00. The van der Waals surface area contributed by atoms with Gasteiger partial charge < -0.3 is 20.3 Å². The van der Waals surface area contributed by atoms with Crippen molar-refractivity contribution in [1.29, 1.82) is 0 Å². The zero-order chi connectivity index (χ0) is 17.2. The Balaban J connectivity index is 1.73. The van der Waals surface area contributed by atoms with Crippen molar-refractivity contribution in [2.75, 3.05) is 45.3 Å². The number of aliphatic imine (C=N–C) groups is 1. The highest BCUT2D eigenvalue weighted by molar-refractivity contribution is 5.79. The van der Waals surface area contributed by atoms with Gasteiger partial charge in [0.1, 0.15) is 0 Å². The van der Waals surface area contributed by atoms with Crippen molar-refractivity contribution in [3.8, 4) is 0 Å². The van der Waals surface area contributed by atoms with Gasteiger partial charge in [-0.25, -0.2) is 4.99 Å². The minimum Gasteiger partial charge on any atom is -0.381 e. The number of hydrogen-bond donors (Lipinski definition) is 2. The molecule has 1 aliphatic carbocycles. The van der Waals surface area contributed by atoms with E-state index >= 15 is 0 Å². The van der Waals surface area contributed by atoms with E-state index in [1.54, 1.807) is 0 Å². The highest BCUT2D eigenvalue weighted by Crippen LogP contribution is 2.28. The summed E-state index contributed by atoms with van der Waals surface area (Å²) >= 11 is 0. The van der Waals surface area contributed by atoms with Crippen LogP contribution < -0.4 is 15.5 Å². The molecule has 0 spiro atoms. The second kappa shape index (κ2) is 10.2. The van der Waals surface area contributed by atoms with Gasteiger partial charge in [-0.1, -0.05) is 12.1 Å². The molecule has 0 aliphatic heterocycles. The highest BCUT2D eigenvalue weighted by Gasteiger charge is 2.20. The summed E-state index contributed by atoms with van der Waals surface area (Å²) < 4.78 is 5.66. The van der Waals surface area contributed by atoms with Gasteiger partial charge in [-0.05, 0) is 49.8 Å². The Morgan fingerprint density at radius 3 is 2.83 bits per heavy atom. The third-order valence-electron chi connectivity index (χ3n) is 4.00. The first kappa shape index (κ1) is 18.6. The number of rotatable bonds is 10. The molecule has 2 N–H and O–H groups in total. The smallest absolute Gasteiger partial charge is 0.191 e. The minimum absolute atomic E-state index is 0.676. The van der Waals surface area contributed by atoms with E-state index in [4.69, 9.17) is 4.74 Å². The highest BCUT2D eigenvalue weighted by atomic mass is 16.5. The van der Waals surface area contributed by atoms with E-state index in [2.05, 4.69) is 65.8 Å². The van der Waals surface area contributed by atoms with E-state index in [0.717, 1.165) is 44.6 Å². The maximum Gasteiger partial charge on any atom is 0.191 e. The Morgan fingerprint density at radius 2 is 2.12 bits per heavy atom. The van der Waals surface area contributed by atoms with Crippen LogP contribution in [-0.2, 0) is 11.3 Å². The Bertz CT molecular complexity index is 512. The maximum absolute atomic E-state index is 5.66. The van der Waals surface area contributed by atoms with E-state index in [9.17, 15) is 0 Å². The van der Waals surface area contributed by atoms with Crippen molar-refractivity contribution in [3.05, 3.63) is 29.8 Å². The third kappa shape index (κ3) is 7.21. The molecule has 0 amide bonds. The van der Waals surface area contributed by atoms with Crippen LogP contribution in [-0.4, -0.2) is 46.4 Å². The summed E-state index contributed by atoms with van der Waals surface area (Å²) in [6.45, 7) is 6.28. The van der Waals surface area contributed by atoms with E-state index < -0.39 is 0 Å². The molecule has 1 aromatic rings. The van der Waals surface area contributed by atoms with E-state index in [1.807, 2.05) is 0 Å². The van der Waals surface area contributed by atoms with Gasteiger partial charge in [0.25, 0.3) is 0 Å². The summed E-state index contributed by atoms with van der Waals surface area (Å²) in [6, 6.07) is 8.49. The van der Waals surface area contributed by atoms with Gasteiger partial charge >= 0.3 is 0 Å². The first-order valence-corrected chi connectivity index (χ1v) is 9.05. The molecule has 0 atom stereocenters. The number of benzene rings is 1. The van der Waals surface area contributed by atoms with E-state index in [0.29, 0.717) is 6.54 Å². The van der Waals surface area contributed by atoms with Crippen LogP contribution in [0.1, 0.15) is 31.7 Å². The van der Waals surface area contributed by atoms with Crippen LogP contribution in [0.3, 0.4) is 0 Å². The van der Waals surface area contributed by atoms with Gasteiger partial charge in [0.15, 0.2) is 5.96 Å². The number of ether oxygens (including phenoxy) is 1. The monoisotopic (exact) mass is 332 g/mol. The lowest BCUT2D eigenvalue weighted by atomic mass is 10.2. The lowest BCUT2D eigenvalue weighted by Crippen LogP contribution is -2.38. The summed E-state index contributed by atoms with van der Waals surface area (Å²) in [5, 5.41) is 6.68. The second-order valence-electron chi connectivity index (χ2n) is 6.56. The van der Waals surface area contributed by atoms with Gasteiger partial charge in [-0.3, -0.25) is 0 Å². The first-order chi connectivity index (χ1) is 11.7. The fourth-order valence-corrected chi connectivity index (χ4v) is 2.36. The molecular formula is C19H32N4O. The SMILES string of the molecule is CCNC(=NCc1cccc(N(C)C)c1)NCCCOCC1CC1. The molecule has 2 rings (SSSR count). The fraction of sp³-hybridized carbons (Fsp3) is 0.632. The largest absolute Gasteiger partial charge is 0.381 e. The summed E-state index contributed by atoms with van der Waals surface area (Å²) in [7, 11) is 4.11. The van der Waals surface area contributed by atoms with Crippen LogP contribution in [0.15, 0.2) is 29.3 Å². The number of hydrogen-bond acceptors (Lipinski definition) is 3.